The fraction of sp³-hybridized carbons (Fsp3) is 0.613. The number of aliphatic hydroxyl groups excluding tert-OH is 1. The SMILES string of the molecule is CC(=O)N[N+](C)(C)c1ccc([C@H]2C[C@]3(C)[C@@H](CCCO)CC[C@H]3[C@@H]3CCC4=CC(=O)CCC4=C32)cc1. The minimum atomic E-state index is -0.0476. The van der Waals surface area contributed by atoms with Crippen LogP contribution in [0.3, 0.4) is 0 Å². The van der Waals surface area contributed by atoms with Crippen molar-refractivity contribution in [3.05, 3.63) is 52.6 Å². The molecule has 4 aliphatic carbocycles. The van der Waals surface area contributed by atoms with Crippen molar-refractivity contribution in [3.63, 3.8) is 0 Å². The maximum Gasteiger partial charge on any atom is 0.262 e. The second-order valence-electron chi connectivity index (χ2n) is 12.4. The van der Waals surface area contributed by atoms with E-state index < -0.39 is 0 Å². The lowest BCUT2D eigenvalue weighted by Crippen LogP contribution is -2.55. The quantitative estimate of drug-likeness (QED) is 0.403. The van der Waals surface area contributed by atoms with Gasteiger partial charge in [-0.25, -0.2) is 0 Å². The van der Waals surface area contributed by atoms with Gasteiger partial charge in [-0.1, -0.05) is 24.6 Å². The predicted octanol–water partition coefficient (Wildman–Crippen LogP) is 5.59. The van der Waals surface area contributed by atoms with Gasteiger partial charge in [-0.15, -0.1) is 0 Å². The number of rotatable bonds is 6. The average molecular weight is 492 g/mol. The second kappa shape index (κ2) is 9.57. The molecule has 36 heavy (non-hydrogen) atoms. The molecule has 0 bridgehead atoms. The first-order chi connectivity index (χ1) is 17.1. The van der Waals surface area contributed by atoms with Crippen LogP contribution in [0, 0.1) is 23.2 Å². The fourth-order valence-corrected chi connectivity index (χ4v) is 8.41. The molecule has 0 spiro atoms. The van der Waals surface area contributed by atoms with Gasteiger partial charge in [0.25, 0.3) is 5.91 Å². The van der Waals surface area contributed by atoms with Crippen LogP contribution in [-0.4, -0.2) is 37.5 Å². The summed E-state index contributed by atoms with van der Waals surface area (Å²) >= 11 is 0. The number of carbonyl (C=O) groups excluding carboxylic acids is 2. The van der Waals surface area contributed by atoms with Crippen LogP contribution in [0.4, 0.5) is 5.69 Å². The Balaban J connectivity index is 1.56. The number of amides is 1. The van der Waals surface area contributed by atoms with Crippen LogP contribution in [0.15, 0.2) is 47.1 Å². The number of hydrogen-bond donors (Lipinski definition) is 2. The topological polar surface area (TPSA) is 66.4 Å². The Bertz CT molecular complexity index is 1100. The first-order valence-corrected chi connectivity index (χ1v) is 13.9. The Morgan fingerprint density at radius 3 is 2.56 bits per heavy atom. The number of aliphatic hydroxyl groups is 1. The third-order valence-corrected chi connectivity index (χ3v) is 10.0. The lowest BCUT2D eigenvalue weighted by Gasteiger charge is -2.53. The molecule has 4 aliphatic rings. The van der Waals surface area contributed by atoms with Gasteiger partial charge in [-0.05, 0) is 97.3 Å². The molecule has 5 nitrogen and oxygen atoms in total. The van der Waals surface area contributed by atoms with Crippen molar-refractivity contribution in [3.8, 4) is 0 Å². The van der Waals surface area contributed by atoms with Crippen LogP contribution in [0.25, 0.3) is 0 Å². The van der Waals surface area contributed by atoms with Gasteiger partial charge in [0.05, 0.1) is 14.1 Å². The first kappa shape index (κ1) is 25.4. The molecule has 1 aromatic rings. The molecular weight excluding hydrogens is 448 g/mol. The van der Waals surface area contributed by atoms with Crippen molar-refractivity contribution in [2.24, 2.45) is 23.2 Å². The Kier molecular flexibility index (Phi) is 6.76. The van der Waals surface area contributed by atoms with Crippen molar-refractivity contribution in [2.45, 2.75) is 77.6 Å². The molecule has 0 saturated heterocycles. The number of benzene rings is 1. The number of ketones is 1. The van der Waals surface area contributed by atoms with Crippen LogP contribution >= 0.6 is 0 Å². The van der Waals surface area contributed by atoms with Gasteiger partial charge in [0, 0.05) is 38.0 Å². The zero-order valence-corrected chi connectivity index (χ0v) is 22.5. The Labute approximate surface area is 216 Å². The van der Waals surface area contributed by atoms with E-state index in [1.54, 1.807) is 12.5 Å². The molecule has 0 unspecified atom stereocenters. The molecule has 5 rings (SSSR count). The van der Waals surface area contributed by atoms with Crippen LogP contribution < -0.4 is 10.0 Å². The van der Waals surface area contributed by atoms with Crippen molar-refractivity contribution in [1.82, 2.24) is 10.0 Å². The van der Waals surface area contributed by atoms with E-state index in [1.165, 1.54) is 29.6 Å². The molecule has 2 fully saturated rings. The van der Waals surface area contributed by atoms with Crippen LogP contribution in [0.5, 0.6) is 0 Å². The van der Waals surface area contributed by atoms with E-state index in [-0.39, 0.29) is 23.7 Å². The lowest BCUT2D eigenvalue weighted by molar-refractivity contribution is -0.122. The molecule has 0 aliphatic heterocycles. The monoisotopic (exact) mass is 491 g/mol. The normalized spacial score (nSPS) is 31.9. The summed E-state index contributed by atoms with van der Waals surface area (Å²) in [7, 11) is 3.98. The maximum absolute atomic E-state index is 12.3. The molecule has 1 aromatic carbocycles. The molecule has 0 heterocycles. The lowest BCUT2D eigenvalue weighted by atomic mass is 9.51. The molecule has 5 heteroatoms. The van der Waals surface area contributed by atoms with Gasteiger partial charge in [0.1, 0.15) is 0 Å². The van der Waals surface area contributed by atoms with Gasteiger partial charge in [0.15, 0.2) is 11.5 Å². The molecule has 1 amide bonds. The number of quaternary nitrogens is 1. The summed E-state index contributed by atoms with van der Waals surface area (Å²) in [4.78, 5) is 24.0. The highest BCUT2D eigenvalue weighted by Crippen LogP contribution is 2.66. The smallest absolute Gasteiger partial charge is 0.262 e. The van der Waals surface area contributed by atoms with Crippen LogP contribution in [-0.2, 0) is 9.59 Å². The number of allylic oxidation sites excluding steroid dienone is 4. The van der Waals surface area contributed by atoms with E-state index in [9.17, 15) is 14.7 Å². The fourth-order valence-electron chi connectivity index (χ4n) is 8.41. The third-order valence-electron chi connectivity index (χ3n) is 10.0. The number of nitrogens with zero attached hydrogens (tertiary/aromatic N) is 1. The molecule has 5 atom stereocenters. The zero-order chi connectivity index (χ0) is 25.7. The molecular formula is C31H43N2O3+. The summed E-state index contributed by atoms with van der Waals surface area (Å²) in [5.41, 5.74) is 10.1. The summed E-state index contributed by atoms with van der Waals surface area (Å²) in [5, 5.41) is 9.55. The third kappa shape index (κ3) is 4.39. The number of hydrogen-bond acceptors (Lipinski definition) is 3. The average Bonchev–Trinajstić information content (AvgIpc) is 3.17. The van der Waals surface area contributed by atoms with Crippen molar-refractivity contribution >= 4 is 17.4 Å². The van der Waals surface area contributed by atoms with E-state index in [0.717, 1.165) is 44.2 Å². The molecule has 0 radical (unpaired) electrons. The van der Waals surface area contributed by atoms with E-state index in [0.29, 0.717) is 34.7 Å². The van der Waals surface area contributed by atoms with Crippen LogP contribution in [0.1, 0.15) is 83.1 Å². The summed E-state index contributed by atoms with van der Waals surface area (Å²) in [6.45, 7) is 4.38. The van der Waals surface area contributed by atoms with Crippen LogP contribution in [0.2, 0.25) is 0 Å². The van der Waals surface area contributed by atoms with Gasteiger partial charge < -0.3 is 5.11 Å². The van der Waals surface area contributed by atoms with Gasteiger partial charge in [0.2, 0.25) is 0 Å². The first-order valence-electron chi connectivity index (χ1n) is 13.9. The summed E-state index contributed by atoms with van der Waals surface area (Å²) < 4.78 is 0.314. The minimum Gasteiger partial charge on any atom is -0.396 e. The maximum atomic E-state index is 12.3. The van der Waals surface area contributed by atoms with Crippen molar-refractivity contribution < 1.29 is 14.7 Å². The minimum absolute atomic E-state index is 0.0476. The predicted molar refractivity (Wildman–Crippen MR) is 144 cm³/mol. The Morgan fingerprint density at radius 2 is 1.86 bits per heavy atom. The summed E-state index contributed by atoms with van der Waals surface area (Å²) in [6.07, 6.45) is 11.4. The van der Waals surface area contributed by atoms with Gasteiger partial charge in [-0.3, -0.25) is 9.59 Å². The van der Waals surface area contributed by atoms with E-state index in [4.69, 9.17) is 0 Å². The second-order valence-corrected chi connectivity index (χ2v) is 12.4. The standard InChI is InChI=1S/C31H42N2O3/c1-20(35)32-33(3,4)24-11-7-21(8-12-24)28-19-31(2)23(6-5-17-34)10-16-29(31)27-14-9-22-18-25(36)13-15-26(22)30(27)28/h7-8,11-12,18,23,27-29,34H,5-6,9-10,13-17,19H2,1-4H3/p+1/t23-,27-,28+,29-,31+/m0/s1. The Hall–Kier alpha value is -2.24. The number of carbonyl (C=O) groups is 2. The highest BCUT2D eigenvalue weighted by molar-refractivity contribution is 5.93. The van der Waals surface area contributed by atoms with Crippen molar-refractivity contribution in [2.75, 3.05) is 20.7 Å². The zero-order valence-electron chi connectivity index (χ0n) is 22.5. The van der Waals surface area contributed by atoms with E-state index in [1.807, 2.05) is 20.2 Å². The highest BCUT2D eigenvalue weighted by Gasteiger charge is 2.56. The molecule has 194 valence electrons. The van der Waals surface area contributed by atoms with Gasteiger partial charge in [-0.2, -0.15) is 10.0 Å². The van der Waals surface area contributed by atoms with E-state index in [2.05, 4.69) is 36.6 Å². The molecule has 0 aromatic heterocycles. The van der Waals surface area contributed by atoms with Gasteiger partial charge >= 0.3 is 0 Å². The highest BCUT2D eigenvalue weighted by atomic mass is 16.3. The summed E-state index contributed by atoms with van der Waals surface area (Å²) in [5.74, 6) is 2.57. The summed E-state index contributed by atoms with van der Waals surface area (Å²) in [6, 6.07) is 8.89. The largest absolute Gasteiger partial charge is 0.396 e. The Morgan fingerprint density at radius 1 is 1.11 bits per heavy atom. The van der Waals surface area contributed by atoms with E-state index >= 15 is 0 Å². The molecule has 2 N–H and O–H groups in total. The number of nitrogens with one attached hydrogen (secondary N) is 1. The van der Waals surface area contributed by atoms with Crippen molar-refractivity contribution in [1.29, 1.82) is 0 Å². The number of fused-ring (bicyclic) bond motifs is 4. The molecule has 2 saturated carbocycles.